The zero-order chi connectivity index (χ0) is 11.7. The van der Waals surface area contributed by atoms with E-state index in [0.29, 0.717) is 0 Å². The summed E-state index contributed by atoms with van der Waals surface area (Å²) in [5.74, 6) is 0.793. The van der Waals surface area contributed by atoms with E-state index < -0.39 is 0 Å². The van der Waals surface area contributed by atoms with E-state index in [-0.39, 0.29) is 5.78 Å². The Labute approximate surface area is 94.8 Å². The first-order valence-electron chi connectivity index (χ1n) is 5.22. The zero-order valence-electron chi connectivity index (χ0n) is 9.70. The number of carbonyl (C=O) groups excluding carboxylic acids is 1. The van der Waals surface area contributed by atoms with Gasteiger partial charge in [0, 0.05) is 5.56 Å². The van der Waals surface area contributed by atoms with Crippen LogP contribution >= 0.6 is 0 Å². The third-order valence-corrected chi connectivity index (χ3v) is 2.80. The van der Waals surface area contributed by atoms with Gasteiger partial charge >= 0.3 is 0 Å². The Bertz CT molecular complexity index is 556. The number of ketones is 1. The van der Waals surface area contributed by atoms with Crippen LogP contribution in [-0.4, -0.2) is 12.9 Å². The molecule has 0 unspecified atom stereocenters. The lowest BCUT2D eigenvalue weighted by Crippen LogP contribution is -1.96. The average molecular weight is 214 g/mol. The van der Waals surface area contributed by atoms with Crippen LogP contribution in [0.2, 0.25) is 0 Å². The molecule has 0 aromatic heterocycles. The van der Waals surface area contributed by atoms with E-state index in [2.05, 4.69) is 0 Å². The monoisotopic (exact) mass is 214 g/mol. The quantitative estimate of drug-likeness (QED) is 0.716. The van der Waals surface area contributed by atoms with Gasteiger partial charge in [0.1, 0.15) is 5.75 Å². The smallest absolute Gasteiger partial charge is 0.160 e. The fourth-order valence-electron chi connectivity index (χ4n) is 1.92. The second-order valence-electron chi connectivity index (χ2n) is 3.90. The summed E-state index contributed by atoms with van der Waals surface area (Å²) >= 11 is 0. The van der Waals surface area contributed by atoms with Crippen LogP contribution in [0.5, 0.6) is 5.75 Å². The summed E-state index contributed by atoms with van der Waals surface area (Å²) in [5.41, 5.74) is 1.87. The lowest BCUT2D eigenvalue weighted by molar-refractivity contribution is 0.101. The molecule has 16 heavy (non-hydrogen) atoms. The largest absolute Gasteiger partial charge is 0.497 e. The van der Waals surface area contributed by atoms with Crippen molar-refractivity contribution < 1.29 is 9.53 Å². The number of methoxy groups -OCH3 is 1. The van der Waals surface area contributed by atoms with Crippen molar-refractivity contribution in [2.75, 3.05) is 7.11 Å². The van der Waals surface area contributed by atoms with Crippen LogP contribution in [0.4, 0.5) is 0 Å². The molecule has 0 radical (unpaired) electrons. The number of aryl methyl sites for hydroxylation is 1. The van der Waals surface area contributed by atoms with Gasteiger partial charge in [-0.15, -0.1) is 0 Å². The van der Waals surface area contributed by atoms with Crippen molar-refractivity contribution >= 4 is 16.6 Å². The van der Waals surface area contributed by atoms with Crippen LogP contribution in [0.3, 0.4) is 0 Å². The Morgan fingerprint density at radius 2 is 1.94 bits per heavy atom. The Balaban J connectivity index is 2.87. The zero-order valence-corrected chi connectivity index (χ0v) is 9.70. The lowest BCUT2D eigenvalue weighted by Gasteiger charge is -2.09. The maximum absolute atomic E-state index is 11.6. The van der Waals surface area contributed by atoms with Gasteiger partial charge in [-0.2, -0.15) is 0 Å². The third-order valence-electron chi connectivity index (χ3n) is 2.80. The summed E-state index contributed by atoms with van der Waals surface area (Å²) in [6.07, 6.45) is 0. The molecular formula is C14H14O2. The van der Waals surface area contributed by atoms with E-state index in [1.165, 1.54) is 0 Å². The van der Waals surface area contributed by atoms with Gasteiger partial charge in [-0.05, 0) is 42.3 Å². The van der Waals surface area contributed by atoms with Gasteiger partial charge in [0.15, 0.2) is 5.78 Å². The molecule has 0 bridgehead atoms. The first kappa shape index (κ1) is 10.7. The molecule has 0 amide bonds. The molecule has 0 aliphatic carbocycles. The van der Waals surface area contributed by atoms with Crippen LogP contribution in [0.1, 0.15) is 22.8 Å². The first-order valence-corrected chi connectivity index (χ1v) is 5.22. The lowest BCUT2D eigenvalue weighted by atomic mass is 9.98. The molecular weight excluding hydrogens is 200 g/mol. The highest BCUT2D eigenvalue weighted by Gasteiger charge is 2.09. The van der Waals surface area contributed by atoms with Crippen LogP contribution in [0.15, 0.2) is 30.3 Å². The average Bonchev–Trinajstić information content (AvgIpc) is 2.28. The molecule has 2 rings (SSSR count). The number of benzene rings is 2. The maximum atomic E-state index is 11.6. The number of carbonyl (C=O) groups is 1. The van der Waals surface area contributed by atoms with Gasteiger partial charge in [0.25, 0.3) is 0 Å². The SMILES string of the molecule is COc1cc(C(C)=O)c2cccc(C)c2c1. The van der Waals surface area contributed by atoms with E-state index >= 15 is 0 Å². The number of Topliss-reactive ketones (excluding diaryl/α,β-unsaturated/α-hetero) is 1. The number of hydrogen-bond acceptors (Lipinski definition) is 2. The van der Waals surface area contributed by atoms with Crippen molar-refractivity contribution in [3.63, 3.8) is 0 Å². The maximum Gasteiger partial charge on any atom is 0.160 e. The minimum atomic E-state index is 0.0644. The summed E-state index contributed by atoms with van der Waals surface area (Å²) in [6.45, 7) is 3.61. The van der Waals surface area contributed by atoms with Gasteiger partial charge in [-0.3, -0.25) is 4.79 Å². The third kappa shape index (κ3) is 1.67. The van der Waals surface area contributed by atoms with Gasteiger partial charge in [0.2, 0.25) is 0 Å². The van der Waals surface area contributed by atoms with Gasteiger partial charge in [-0.25, -0.2) is 0 Å². The van der Waals surface area contributed by atoms with Crippen molar-refractivity contribution in [3.05, 3.63) is 41.5 Å². The molecule has 0 atom stereocenters. The number of rotatable bonds is 2. The standard InChI is InChI=1S/C14H14O2/c1-9-5-4-6-12-13(9)7-11(16-3)8-14(12)10(2)15/h4-8H,1-3H3. The molecule has 2 heteroatoms. The number of ether oxygens (including phenoxy) is 1. The molecule has 0 fully saturated rings. The van der Waals surface area contributed by atoms with E-state index in [0.717, 1.165) is 27.6 Å². The minimum absolute atomic E-state index is 0.0644. The van der Waals surface area contributed by atoms with Crippen LogP contribution < -0.4 is 4.74 Å². The first-order chi connectivity index (χ1) is 7.63. The van der Waals surface area contributed by atoms with Crippen LogP contribution in [0, 0.1) is 6.92 Å². The van der Waals surface area contributed by atoms with Crippen molar-refractivity contribution in [3.8, 4) is 5.75 Å². The summed E-state index contributed by atoms with van der Waals surface area (Å²) in [6, 6.07) is 9.74. The normalized spacial score (nSPS) is 10.4. The van der Waals surface area contributed by atoms with Crippen molar-refractivity contribution in [1.29, 1.82) is 0 Å². The van der Waals surface area contributed by atoms with Gasteiger partial charge in [0.05, 0.1) is 7.11 Å². The van der Waals surface area contributed by atoms with Crippen LogP contribution in [0.25, 0.3) is 10.8 Å². The molecule has 0 heterocycles. The minimum Gasteiger partial charge on any atom is -0.497 e. The highest BCUT2D eigenvalue weighted by atomic mass is 16.5. The van der Waals surface area contributed by atoms with E-state index in [9.17, 15) is 4.79 Å². The van der Waals surface area contributed by atoms with Crippen molar-refractivity contribution in [2.45, 2.75) is 13.8 Å². The van der Waals surface area contributed by atoms with Crippen LogP contribution in [-0.2, 0) is 0 Å². The molecule has 0 aliphatic rings. The topological polar surface area (TPSA) is 26.3 Å². The number of hydrogen-bond donors (Lipinski definition) is 0. The highest BCUT2D eigenvalue weighted by Crippen LogP contribution is 2.27. The van der Waals surface area contributed by atoms with E-state index in [1.54, 1.807) is 20.1 Å². The molecule has 82 valence electrons. The molecule has 0 saturated carbocycles. The molecule has 0 saturated heterocycles. The number of fused-ring (bicyclic) bond motifs is 1. The fraction of sp³-hybridized carbons (Fsp3) is 0.214. The summed E-state index contributed by atoms with van der Waals surface area (Å²) in [4.78, 5) is 11.6. The molecule has 0 N–H and O–H groups in total. The molecule has 0 aliphatic heterocycles. The van der Waals surface area contributed by atoms with Crippen molar-refractivity contribution in [1.82, 2.24) is 0 Å². The Morgan fingerprint density at radius 3 is 2.56 bits per heavy atom. The molecule has 0 spiro atoms. The molecule has 2 aromatic rings. The molecule has 2 aromatic carbocycles. The predicted octanol–water partition coefficient (Wildman–Crippen LogP) is 3.36. The van der Waals surface area contributed by atoms with Gasteiger partial charge in [-0.1, -0.05) is 18.2 Å². The van der Waals surface area contributed by atoms with Gasteiger partial charge < -0.3 is 4.74 Å². The van der Waals surface area contributed by atoms with Crippen molar-refractivity contribution in [2.24, 2.45) is 0 Å². The second kappa shape index (κ2) is 3.97. The highest BCUT2D eigenvalue weighted by molar-refractivity contribution is 6.08. The second-order valence-corrected chi connectivity index (χ2v) is 3.90. The fourth-order valence-corrected chi connectivity index (χ4v) is 1.92. The Hall–Kier alpha value is -1.83. The van der Waals surface area contributed by atoms with E-state index in [4.69, 9.17) is 4.74 Å². The summed E-state index contributed by atoms with van der Waals surface area (Å²) < 4.78 is 5.22. The molecule has 2 nitrogen and oxygen atoms in total. The summed E-state index contributed by atoms with van der Waals surface area (Å²) in [5, 5.41) is 2.07. The summed E-state index contributed by atoms with van der Waals surface area (Å²) in [7, 11) is 1.61. The predicted molar refractivity (Wildman–Crippen MR) is 65.2 cm³/mol. The Kier molecular flexibility index (Phi) is 2.65. The Morgan fingerprint density at radius 1 is 1.19 bits per heavy atom. The van der Waals surface area contributed by atoms with E-state index in [1.807, 2.05) is 31.2 Å².